The fraction of sp³-hybridized carbons (Fsp3) is 0.233. The average Bonchev–Trinajstić information content (AvgIpc) is 2.86. The smallest absolute Gasteiger partial charge is 0.141 e. The molecule has 34 heavy (non-hydrogen) atoms. The number of halogens is 2. The van der Waals surface area contributed by atoms with Crippen molar-refractivity contribution >= 4 is 10.8 Å². The summed E-state index contributed by atoms with van der Waals surface area (Å²) >= 11 is 0. The molecule has 0 spiro atoms. The van der Waals surface area contributed by atoms with Gasteiger partial charge in [-0.2, -0.15) is 5.26 Å². The summed E-state index contributed by atoms with van der Waals surface area (Å²) in [6.45, 7) is 2.81. The quantitative estimate of drug-likeness (QED) is 0.264. The maximum Gasteiger partial charge on any atom is 0.141 e. The summed E-state index contributed by atoms with van der Waals surface area (Å²) in [5.74, 6) is 0.139. The second-order valence-corrected chi connectivity index (χ2v) is 8.51. The van der Waals surface area contributed by atoms with Crippen molar-refractivity contribution in [2.24, 2.45) is 0 Å². The van der Waals surface area contributed by atoms with E-state index < -0.39 is 5.82 Å². The predicted molar refractivity (Wildman–Crippen MR) is 132 cm³/mol. The van der Waals surface area contributed by atoms with Gasteiger partial charge in [-0.05, 0) is 84.0 Å². The van der Waals surface area contributed by atoms with Gasteiger partial charge >= 0.3 is 0 Å². The number of aryl methyl sites for hydroxylation is 4. The Morgan fingerprint density at radius 2 is 1.44 bits per heavy atom. The summed E-state index contributed by atoms with van der Waals surface area (Å²) in [6, 6.07) is 24.2. The molecule has 4 aromatic carbocycles. The van der Waals surface area contributed by atoms with Gasteiger partial charge in [0.25, 0.3) is 0 Å². The fourth-order valence-corrected chi connectivity index (χ4v) is 4.08. The zero-order valence-electron chi connectivity index (χ0n) is 19.3. The van der Waals surface area contributed by atoms with Crippen LogP contribution in [0.15, 0.2) is 72.8 Å². The van der Waals surface area contributed by atoms with Crippen LogP contribution in [-0.2, 0) is 25.7 Å². The SMILES string of the molecule is CCCOc1ccc(CCc2ccc3c(F)c(CCc4ccc(C#N)c(F)c4)ccc3c2)cc1. The summed E-state index contributed by atoms with van der Waals surface area (Å²) < 4.78 is 34.6. The Morgan fingerprint density at radius 1 is 0.765 bits per heavy atom. The van der Waals surface area contributed by atoms with Crippen molar-refractivity contribution in [3.63, 3.8) is 0 Å². The lowest BCUT2D eigenvalue weighted by molar-refractivity contribution is 0.317. The molecule has 0 unspecified atom stereocenters. The molecule has 0 aliphatic carbocycles. The van der Waals surface area contributed by atoms with Crippen molar-refractivity contribution in [1.29, 1.82) is 5.26 Å². The number of hydrogen-bond donors (Lipinski definition) is 0. The molecule has 0 atom stereocenters. The van der Waals surface area contributed by atoms with Crippen LogP contribution in [0.25, 0.3) is 10.8 Å². The van der Waals surface area contributed by atoms with Gasteiger partial charge in [0.1, 0.15) is 23.5 Å². The Labute approximate surface area is 199 Å². The van der Waals surface area contributed by atoms with E-state index in [0.29, 0.717) is 23.8 Å². The third-order valence-electron chi connectivity index (χ3n) is 6.03. The van der Waals surface area contributed by atoms with Crippen molar-refractivity contribution in [1.82, 2.24) is 0 Å². The van der Waals surface area contributed by atoms with E-state index in [4.69, 9.17) is 10.00 Å². The van der Waals surface area contributed by atoms with Crippen LogP contribution in [-0.4, -0.2) is 6.61 Å². The predicted octanol–water partition coefficient (Wildman–Crippen LogP) is 7.35. The summed E-state index contributed by atoms with van der Waals surface area (Å²) in [6.07, 6.45) is 3.74. The minimum absolute atomic E-state index is 0.0226. The molecule has 0 saturated carbocycles. The monoisotopic (exact) mass is 455 g/mol. The van der Waals surface area contributed by atoms with Crippen molar-refractivity contribution in [3.05, 3.63) is 112 Å². The second kappa shape index (κ2) is 10.9. The maximum atomic E-state index is 15.1. The van der Waals surface area contributed by atoms with Gasteiger partial charge in [0.2, 0.25) is 0 Å². The molecule has 172 valence electrons. The van der Waals surface area contributed by atoms with Gasteiger partial charge in [-0.25, -0.2) is 8.78 Å². The highest BCUT2D eigenvalue weighted by molar-refractivity contribution is 5.84. The maximum absolute atomic E-state index is 15.1. The first-order chi connectivity index (χ1) is 16.6. The third kappa shape index (κ3) is 5.61. The Balaban J connectivity index is 1.41. The molecule has 0 N–H and O–H groups in total. The van der Waals surface area contributed by atoms with Gasteiger partial charge in [0.15, 0.2) is 0 Å². The number of fused-ring (bicyclic) bond motifs is 1. The zero-order chi connectivity index (χ0) is 23.9. The molecule has 4 heteroatoms. The van der Waals surface area contributed by atoms with Crippen LogP contribution in [0.5, 0.6) is 5.75 Å². The molecule has 0 aromatic heterocycles. The van der Waals surface area contributed by atoms with Crippen LogP contribution in [0.1, 0.15) is 41.2 Å². The standard InChI is InChI=1S/C30H27F2NO/c1-2-17-34-27-14-7-21(8-15-27)3-4-22-9-16-28-25(18-22)13-12-24(30(28)32)10-5-23-6-11-26(20-33)29(31)19-23/h6-9,11-16,18-19H,2-5,10,17H2,1H3. The molecule has 0 aliphatic heterocycles. The lowest BCUT2D eigenvalue weighted by atomic mass is 9.97. The normalized spacial score (nSPS) is 10.9. The number of nitrogens with zero attached hydrogens (tertiary/aromatic N) is 1. The number of hydrogen-bond acceptors (Lipinski definition) is 2. The summed E-state index contributed by atoms with van der Waals surface area (Å²) in [4.78, 5) is 0. The molecule has 0 bridgehead atoms. The zero-order valence-corrected chi connectivity index (χ0v) is 19.3. The Hall–Kier alpha value is -3.71. The fourth-order valence-electron chi connectivity index (χ4n) is 4.08. The van der Waals surface area contributed by atoms with Gasteiger partial charge < -0.3 is 4.74 Å². The van der Waals surface area contributed by atoms with Gasteiger partial charge in [-0.15, -0.1) is 0 Å². The van der Waals surface area contributed by atoms with Crippen LogP contribution in [0.3, 0.4) is 0 Å². The summed E-state index contributed by atoms with van der Waals surface area (Å²) in [5.41, 5.74) is 3.78. The third-order valence-corrected chi connectivity index (χ3v) is 6.03. The molecule has 0 radical (unpaired) electrons. The first-order valence-electron chi connectivity index (χ1n) is 11.7. The minimum atomic E-state index is -0.535. The topological polar surface area (TPSA) is 33.0 Å². The molecule has 0 saturated heterocycles. The van der Waals surface area contributed by atoms with Crippen LogP contribution >= 0.6 is 0 Å². The molecule has 4 aromatic rings. The Bertz CT molecular complexity index is 1320. The molecule has 0 heterocycles. The molecule has 0 amide bonds. The Kier molecular flexibility index (Phi) is 7.54. The average molecular weight is 456 g/mol. The highest BCUT2D eigenvalue weighted by Crippen LogP contribution is 2.25. The molecule has 0 fully saturated rings. The van der Waals surface area contributed by atoms with Crippen LogP contribution in [0.2, 0.25) is 0 Å². The number of ether oxygens (including phenoxy) is 1. The summed E-state index contributed by atoms with van der Waals surface area (Å²) in [7, 11) is 0. The van der Waals surface area contributed by atoms with Gasteiger partial charge in [0.05, 0.1) is 12.2 Å². The second-order valence-electron chi connectivity index (χ2n) is 8.51. The van der Waals surface area contributed by atoms with E-state index in [2.05, 4.69) is 25.1 Å². The van der Waals surface area contributed by atoms with Gasteiger partial charge in [-0.3, -0.25) is 0 Å². The van der Waals surface area contributed by atoms with E-state index >= 15 is 4.39 Å². The highest BCUT2D eigenvalue weighted by atomic mass is 19.1. The van der Waals surface area contributed by atoms with Crippen molar-refractivity contribution in [2.75, 3.05) is 6.61 Å². The van der Waals surface area contributed by atoms with E-state index in [0.717, 1.165) is 42.6 Å². The number of benzene rings is 4. The van der Waals surface area contributed by atoms with E-state index in [1.54, 1.807) is 6.07 Å². The lowest BCUT2D eigenvalue weighted by Crippen LogP contribution is -1.98. The lowest BCUT2D eigenvalue weighted by Gasteiger charge is -2.10. The molecule has 4 rings (SSSR count). The molecular formula is C30H27F2NO. The van der Waals surface area contributed by atoms with E-state index in [1.165, 1.54) is 23.3 Å². The van der Waals surface area contributed by atoms with Gasteiger partial charge in [-0.1, -0.05) is 55.5 Å². The number of nitriles is 1. The number of rotatable bonds is 9. The van der Waals surface area contributed by atoms with Crippen molar-refractivity contribution < 1.29 is 13.5 Å². The van der Waals surface area contributed by atoms with E-state index in [1.807, 2.05) is 42.5 Å². The highest BCUT2D eigenvalue weighted by Gasteiger charge is 2.10. The van der Waals surface area contributed by atoms with E-state index in [-0.39, 0.29) is 11.4 Å². The molecule has 2 nitrogen and oxygen atoms in total. The minimum Gasteiger partial charge on any atom is -0.494 e. The Morgan fingerprint density at radius 3 is 2.18 bits per heavy atom. The first kappa shape index (κ1) is 23.4. The first-order valence-corrected chi connectivity index (χ1v) is 11.7. The molecular weight excluding hydrogens is 428 g/mol. The van der Waals surface area contributed by atoms with Gasteiger partial charge in [0, 0.05) is 5.39 Å². The van der Waals surface area contributed by atoms with Crippen LogP contribution < -0.4 is 4.74 Å². The van der Waals surface area contributed by atoms with Crippen molar-refractivity contribution in [2.45, 2.75) is 39.0 Å². The van der Waals surface area contributed by atoms with Crippen LogP contribution in [0.4, 0.5) is 8.78 Å². The largest absolute Gasteiger partial charge is 0.494 e. The van der Waals surface area contributed by atoms with Crippen molar-refractivity contribution in [3.8, 4) is 11.8 Å². The molecule has 0 aliphatic rings. The van der Waals surface area contributed by atoms with Crippen LogP contribution in [0, 0.1) is 23.0 Å². The summed E-state index contributed by atoms with van der Waals surface area (Å²) in [5, 5.41) is 10.3. The van der Waals surface area contributed by atoms with E-state index in [9.17, 15) is 4.39 Å².